The van der Waals surface area contributed by atoms with Crippen molar-refractivity contribution in [2.45, 2.75) is 12.8 Å². The first-order valence-corrected chi connectivity index (χ1v) is 11.6. The van der Waals surface area contributed by atoms with E-state index in [0.717, 1.165) is 30.7 Å². The maximum Gasteiger partial charge on any atom is 0.324 e. The predicted molar refractivity (Wildman–Crippen MR) is 126 cm³/mol. The maximum atomic E-state index is 14.1. The Morgan fingerprint density at radius 3 is 2.53 bits per heavy atom. The van der Waals surface area contributed by atoms with Gasteiger partial charge >= 0.3 is 6.01 Å². The van der Waals surface area contributed by atoms with E-state index >= 15 is 0 Å². The Bertz CT molecular complexity index is 1130. The Hall–Kier alpha value is -3.62. The first kappa shape index (κ1) is 22.2. The Morgan fingerprint density at radius 2 is 1.79 bits per heavy atom. The van der Waals surface area contributed by atoms with Crippen LogP contribution in [0.4, 0.5) is 16.1 Å². The number of hydrogen-bond acceptors (Lipinski definition) is 7. The third-order valence-electron chi connectivity index (χ3n) is 6.59. The number of piperazine rings is 1. The van der Waals surface area contributed by atoms with Gasteiger partial charge < -0.3 is 24.0 Å². The molecule has 2 saturated heterocycles. The van der Waals surface area contributed by atoms with Gasteiger partial charge in [0.05, 0.1) is 18.7 Å². The fraction of sp³-hybridized carbons (Fsp3) is 0.400. The standard InChI is InChI=1S/C25H28FN5O3/c1-33-20-10-8-18(9-11-20)23-27-25(34-28-23)31-12-4-5-19(17-31)24(32)30-15-13-29(14-16-30)22-7-3-2-6-21(22)26/h2-3,6-11,19H,4-5,12-17H2,1H3/t19-/m0/s1. The molecule has 5 rings (SSSR count). The van der Waals surface area contributed by atoms with Gasteiger partial charge in [-0.15, -0.1) is 0 Å². The van der Waals surface area contributed by atoms with E-state index in [0.29, 0.717) is 50.3 Å². The number of halogens is 1. The first-order chi connectivity index (χ1) is 16.6. The van der Waals surface area contributed by atoms with Crippen LogP contribution in [0.15, 0.2) is 53.1 Å². The number of aromatic nitrogens is 2. The third kappa shape index (κ3) is 4.55. The summed E-state index contributed by atoms with van der Waals surface area (Å²) in [5.41, 5.74) is 1.44. The van der Waals surface area contributed by atoms with Crippen LogP contribution in [0.5, 0.6) is 5.75 Å². The molecule has 2 fully saturated rings. The Labute approximate surface area is 197 Å². The zero-order chi connectivity index (χ0) is 23.5. The predicted octanol–water partition coefficient (Wildman–Crippen LogP) is 3.45. The van der Waals surface area contributed by atoms with Crippen LogP contribution < -0.4 is 14.5 Å². The molecule has 3 aromatic rings. The van der Waals surface area contributed by atoms with Gasteiger partial charge in [-0.3, -0.25) is 4.79 Å². The minimum Gasteiger partial charge on any atom is -0.497 e. The summed E-state index contributed by atoms with van der Waals surface area (Å²) in [5.74, 6) is 1.08. The van der Waals surface area contributed by atoms with Gasteiger partial charge in [-0.2, -0.15) is 4.98 Å². The lowest BCUT2D eigenvalue weighted by Gasteiger charge is -2.39. The summed E-state index contributed by atoms with van der Waals surface area (Å²) in [4.78, 5) is 23.7. The number of rotatable bonds is 5. The lowest BCUT2D eigenvalue weighted by Crippen LogP contribution is -2.52. The molecule has 0 N–H and O–H groups in total. The van der Waals surface area contributed by atoms with Gasteiger partial charge in [-0.25, -0.2) is 4.39 Å². The molecule has 2 aliphatic heterocycles. The zero-order valence-corrected chi connectivity index (χ0v) is 19.2. The van der Waals surface area contributed by atoms with Crippen LogP contribution in [0.2, 0.25) is 0 Å². The summed E-state index contributed by atoms with van der Waals surface area (Å²) in [6, 6.07) is 14.7. The molecule has 9 heteroatoms. The highest BCUT2D eigenvalue weighted by molar-refractivity contribution is 5.80. The lowest BCUT2D eigenvalue weighted by molar-refractivity contribution is -0.136. The molecule has 1 aromatic heterocycles. The number of anilines is 2. The molecule has 0 radical (unpaired) electrons. The second-order valence-electron chi connectivity index (χ2n) is 8.68. The SMILES string of the molecule is COc1ccc(-c2noc(N3CCC[C@H](C(=O)N4CCN(c5ccccc5F)CC4)C3)n2)cc1. The van der Waals surface area contributed by atoms with E-state index < -0.39 is 0 Å². The molecule has 1 amide bonds. The summed E-state index contributed by atoms with van der Waals surface area (Å²) in [6.07, 6.45) is 1.72. The third-order valence-corrected chi connectivity index (χ3v) is 6.59. The summed E-state index contributed by atoms with van der Waals surface area (Å²) < 4.78 is 24.8. The number of carbonyl (C=O) groups excluding carboxylic acids is 1. The van der Waals surface area contributed by atoms with E-state index in [2.05, 4.69) is 10.1 Å². The zero-order valence-electron chi connectivity index (χ0n) is 19.2. The molecular weight excluding hydrogens is 437 g/mol. The number of hydrogen-bond donors (Lipinski definition) is 0. The molecule has 178 valence electrons. The van der Waals surface area contributed by atoms with Gasteiger partial charge in [0.25, 0.3) is 0 Å². The fourth-order valence-electron chi connectivity index (χ4n) is 4.69. The van der Waals surface area contributed by atoms with Crippen LogP contribution in [0.3, 0.4) is 0 Å². The molecule has 0 aliphatic carbocycles. The summed E-state index contributed by atoms with van der Waals surface area (Å²) in [7, 11) is 1.62. The van der Waals surface area contributed by atoms with Crippen LogP contribution in [0, 0.1) is 11.7 Å². The van der Waals surface area contributed by atoms with E-state index in [4.69, 9.17) is 9.26 Å². The largest absolute Gasteiger partial charge is 0.497 e. The molecular formula is C25H28FN5O3. The number of nitrogens with zero attached hydrogens (tertiary/aromatic N) is 5. The lowest BCUT2D eigenvalue weighted by atomic mass is 9.96. The summed E-state index contributed by atoms with van der Waals surface area (Å²) in [5, 5.41) is 4.12. The number of methoxy groups -OCH3 is 1. The van der Waals surface area contributed by atoms with Gasteiger partial charge in [0.15, 0.2) is 0 Å². The van der Waals surface area contributed by atoms with Gasteiger partial charge in [0.2, 0.25) is 11.7 Å². The van der Waals surface area contributed by atoms with Crippen LogP contribution in [-0.2, 0) is 4.79 Å². The van der Waals surface area contributed by atoms with Crippen molar-refractivity contribution in [3.8, 4) is 17.1 Å². The highest BCUT2D eigenvalue weighted by atomic mass is 19.1. The van der Waals surface area contributed by atoms with Crippen molar-refractivity contribution in [3.05, 3.63) is 54.3 Å². The van der Waals surface area contributed by atoms with Crippen molar-refractivity contribution < 1.29 is 18.4 Å². The normalized spacial score (nSPS) is 18.8. The first-order valence-electron chi connectivity index (χ1n) is 11.6. The molecule has 0 bridgehead atoms. The molecule has 2 aromatic carbocycles. The Morgan fingerprint density at radius 1 is 1.03 bits per heavy atom. The minimum absolute atomic E-state index is 0.120. The van der Waals surface area contributed by atoms with Gasteiger partial charge in [0, 0.05) is 44.8 Å². The van der Waals surface area contributed by atoms with Crippen LogP contribution in [0.25, 0.3) is 11.4 Å². The van der Waals surface area contributed by atoms with Crippen molar-refractivity contribution in [3.63, 3.8) is 0 Å². The summed E-state index contributed by atoms with van der Waals surface area (Å²) >= 11 is 0. The highest BCUT2D eigenvalue weighted by Gasteiger charge is 2.33. The van der Waals surface area contributed by atoms with Gasteiger partial charge in [0.1, 0.15) is 11.6 Å². The number of ether oxygens (including phenoxy) is 1. The average molecular weight is 466 g/mol. The van der Waals surface area contributed by atoms with Crippen LogP contribution in [0.1, 0.15) is 12.8 Å². The van der Waals surface area contributed by atoms with Crippen molar-refractivity contribution in [1.29, 1.82) is 0 Å². The van der Waals surface area contributed by atoms with E-state index in [9.17, 15) is 9.18 Å². The van der Waals surface area contributed by atoms with Gasteiger partial charge in [-0.1, -0.05) is 17.3 Å². The fourth-order valence-corrected chi connectivity index (χ4v) is 4.69. The second-order valence-corrected chi connectivity index (χ2v) is 8.68. The molecule has 1 atom stereocenters. The van der Waals surface area contributed by atoms with Gasteiger partial charge in [-0.05, 0) is 49.2 Å². The monoisotopic (exact) mass is 465 g/mol. The van der Waals surface area contributed by atoms with Crippen molar-refractivity contribution >= 4 is 17.6 Å². The van der Waals surface area contributed by atoms with E-state index in [1.165, 1.54) is 6.07 Å². The quantitative estimate of drug-likeness (QED) is 0.571. The molecule has 0 unspecified atom stereocenters. The number of benzene rings is 2. The average Bonchev–Trinajstić information content (AvgIpc) is 3.39. The van der Waals surface area contributed by atoms with Crippen molar-refractivity contribution in [1.82, 2.24) is 15.0 Å². The number of carbonyl (C=O) groups is 1. The van der Waals surface area contributed by atoms with Crippen molar-refractivity contribution in [2.24, 2.45) is 5.92 Å². The Kier molecular flexibility index (Phi) is 6.33. The molecule has 8 nitrogen and oxygen atoms in total. The minimum atomic E-state index is -0.223. The highest BCUT2D eigenvalue weighted by Crippen LogP contribution is 2.27. The molecule has 0 saturated carbocycles. The number of para-hydroxylation sites is 1. The molecule has 0 spiro atoms. The maximum absolute atomic E-state index is 14.1. The van der Waals surface area contributed by atoms with Crippen LogP contribution in [-0.4, -0.2) is 67.3 Å². The van der Waals surface area contributed by atoms with Crippen molar-refractivity contribution in [2.75, 3.05) is 56.2 Å². The van der Waals surface area contributed by atoms with E-state index in [1.54, 1.807) is 19.2 Å². The number of amides is 1. The number of piperidine rings is 1. The van der Waals surface area contributed by atoms with E-state index in [-0.39, 0.29) is 17.6 Å². The Balaban J connectivity index is 1.20. The van der Waals surface area contributed by atoms with Crippen LogP contribution >= 0.6 is 0 Å². The van der Waals surface area contributed by atoms with E-state index in [1.807, 2.05) is 45.0 Å². The smallest absolute Gasteiger partial charge is 0.324 e. The molecule has 2 aliphatic rings. The topological polar surface area (TPSA) is 74.9 Å². The molecule has 34 heavy (non-hydrogen) atoms. The molecule has 3 heterocycles. The second kappa shape index (κ2) is 9.70. The summed E-state index contributed by atoms with van der Waals surface area (Å²) in [6.45, 7) is 3.75.